The van der Waals surface area contributed by atoms with Crippen molar-refractivity contribution in [1.29, 1.82) is 0 Å². The van der Waals surface area contributed by atoms with Crippen molar-refractivity contribution in [2.24, 2.45) is 0 Å². The maximum absolute atomic E-state index is 12.4. The molecule has 0 aliphatic carbocycles. The zero-order valence-corrected chi connectivity index (χ0v) is 14.9. The van der Waals surface area contributed by atoms with Crippen molar-refractivity contribution < 1.29 is 14.3 Å². The average molecular weight is 349 g/mol. The van der Waals surface area contributed by atoms with Gasteiger partial charge in [-0.2, -0.15) is 0 Å². The number of hydrogen-bond donors (Lipinski definition) is 1. The van der Waals surface area contributed by atoms with Crippen LogP contribution in [-0.4, -0.2) is 33.2 Å². The number of halogens is 1. The second-order valence-electron chi connectivity index (χ2n) is 5.46. The molecule has 0 bridgehead atoms. The lowest BCUT2D eigenvalue weighted by Crippen LogP contribution is -2.30. The van der Waals surface area contributed by atoms with Crippen LogP contribution < -0.4 is 19.7 Å². The van der Waals surface area contributed by atoms with E-state index in [1.54, 1.807) is 56.5 Å². The van der Waals surface area contributed by atoms with Crippen molar-refractivity contribution in [2.75, 3.05) is 31.4 Å². The molecule has 1 amide bonds. The predicted molar refractivity (Wildman–Crippen MR) is 97.5 cm³/mol. The topological polar surface area (TPSA) is 50.8 Å². The molecule has 1 atom stereocenters. The number of para-hydroxylation sites is 1. The van der Waals surface area contributed by atoms with Crippen LogP contribution in [0.25, 0.3) is 0 Å². The van der Waals surface area contributed by atoms with Gasteiger partial charge in [-0.25, -0.2) is 0 Å². The van der Waals surface area contributed by atoms with E-state index in [1.807, 2.05) is 19.0 Å². The fourth-order valence-corrected chi connectivity index (χ4v) is 2.56. The number of anilines is 2. The summed E-state index contributed by atoms with van der Waals surface area (Å²) in [6, 6.07) is 12.5. The number of carbonyl (C=O) groups excluding carboxylic acids is 1. The van der Waals surface area contributed by atoms with Crippen LogP contribution in [-0.2, 0) is 4.79 Å². The minimum Gasteiger partial charge on any atom is -0.497 e. The Hall–Kier alpha value is -2.40. The van der Waals surface area contributed by atoms with Crippen molar-refractivity contribution in [3.63, 3.8) is 0 Å². The van der Waals surface area contributed by atoms with Crippen molar-refractivity contribution in [3.05, 3.63) is 47.5 Å². The summed E-state index contributed by atoms with van der Waals surface area (Å²) in [7, 11) is 5.33. The molecule has 2 aromatic rings. The Kier molecular flexibility index (Phi) is 5.93. The summed E-state index contributed by atoms with van der Waals surface area (Å²) >= 11 is 6.21. The highest BCUT2D eigenvalue weighted by Crippen LogP contribution is 2.32. The van der Waals surface area contributed by atoms with E-state index in [-0.39, 0.29) is 5.91 Å². The molecule has 1 N–H and O–H groups in total. The van der Waals surface area contributed by atoms with E-state index in [1.165, 1.54) is 0 Å². The van der Waals surface area contributed by atoms with Crippen molar-refractivity contribution in [2.45, 2.75) is 13.0 Å². The number of ether oxygens (including phenoxy) is 2. The Balaban J connectivity index is 2.07. The van der Waals surface area contributed by atoms with Gasteiger partial charge in [0.05, 0.1) is 23.5 Å². The number of methoxy groups -OCH3 is 1. The van der Waals surface area contributed by atoms with Gasteiger partial charge < -0.3 is 19.7 Å². The summed E-state index contributed by atoms with van der Waals surface area (Å²) < 4.78 is 10.8. The monoisotopic (exact) mass is 348 g/mol. The fourth-order valence-electron chi connectivity index (χ4n) is 2.22. The van der Waals surface area contributed by atoms with Gasteiger partial charge in [-0.15, -0.1) is 0 Å². The van der Waals surface area contributed by atoms with Crippen LogP contribution in [0.15, 0.2) is 42.5 Å². The van der Waals surface area contributed by atoms with Gasteiger partial charge in [-0.1, -0.05) is 17.7 Å². The van der Waals surface area contributed by atoms with Gasteiger partial charge in [-0.3, -0.25) is 4.79 Å². The minimum absolute atomic E-state index is 0.254. The van der Waals surface area contributed by atoms with Gasteiger partial charge in [0.25, 0.3) is 5.91 Å². The highest BCUT2D eigenvalue weighted by atomic mass is 35.5. The summed E-state index contributed by atoms with van der Waals surface area (Å²) in [4.78, 5) is 14.3. The van der Waals surface area contributed by atoms with Crippen molar-refractivity contribution in [1.82, 2.24) is 0 Å². The van der Waals surface area contributed by atoms with Crippen molar-refractivity contribution in [3.8, 4) is 11.5 Å². The van der Waals surface area contributed by atoms with Crippen LogP contribution in [0.1, 0.15) is 6.92 Å². The zero-order chi connectivity index (χ0) is 17.7. The van der Waals surface area contributed by atoms with E-state index in [0.29, 0.717) is 16.5 Å². The van der Waals surface area contributed by atoms with E-state index in [9.17, 15) is 4.79 Å². The normalized spacial score (nSPS) is 11.5. The molecule has 0 aliphatic rings. The molecular formula is C18H21ClN2O3. The Morgan fingerprint density at radius 3 is 2.33 bits per heavy atom. The third-order valence-electron chi connectivity index (χ3n) is 3.43. The van der Waals surface area contributed by atoms with Crippen LogP contribution in [0.3, 0.4) is 0 Å². The molecule has 1 unspecified atom stereocenters. The zero-order valence-electron chi connectivity index (χ0n) is 14.2. The molecule has 128 valence electrons. The minimum atomic E-state index is -0.660. The number of amides is 1. The molecule has 5 nitrogen and oxygen atoms in total. The van der Waals surface area contributed by atoms with Crippen LogP contribution >= 0.6 is 11.6 Å². The first-order valence-corrected chi connectivity index (χ1v) is 7.87. The number of rotatable bonds is 6. The summed E-state index contributed by atoms with van der Waals surface area (Å²) in [5.41, 5.74) is 1.40. The second kappa shape index (κ2) is 7.93. The van der Waals surface area contributed by atoms with E-state index in [2.05, 4.69) is 5.32 Å². The smallest absolute Gasteiger partial charge is 0.265 e. The molecule has 0 spiro atoms. The summed E-state index contributed by atoms with van der Waals surface area (Å²) in [5.74, 6) is 1.07. The van der Waals surface area contributed by atoms with Gasteiger partial charge >= 0.3 is 0 Å². The van der Waals surface area contributed by atoms with E-state index >= 15 is 0 Å². The number of nitrogens with one attached hydrogen (secondary N) is 1. The van der Waals surface area contributed by atoms with Crippen molar-refractivity contribution >= 4 is 28.9 Å². The van der Waals surface area contributed by atoms with Gasteiger partial charge in [0.2, 0.25) is 0 Å². The molecule has 0 aromatic heterocycles. The first-order chi connectivity index (χ1) is 11.4. The van der Waals surface area contributed by atoms with Crippen LogP contribution in [0.5, 0.6) is 11.5 Å². The highest BCUT2D eigenvalue weighted by Gasteiger charge is 2.18. The van der Waals surface area contributed by atoms with E-state index in [0.717, 1.165) is 11.4 Å². The lowest BCUT2D eigenvalue weighted by molar-refractivity contribution is -0.122. The maximum atomic E-state index is 12.4. The number of carbonyl (C=O) groups is 1. The Morgan fingerprint density at radius 1 is 1.12 bits per heavy atom. The van der Waals surface area contributed by atoms with Gasteiger partial charge in [0.15, 0.2) is 6.10 Å². The molecule has 6 heteroatoms. The predicted octanol–water partition coefficient (Wildman–Crippen LogP) is 3.82. The van der Waals surface area contributed by atoms with E-state index in [4.69, 9.17) is 21.1 Å². The lowest BCUT2D eigenvalue weighted by Gasteiger charge is -2.21. The first kappa shape index (κ1) is 17.9. The summed E-state index contributed by atoms with van der Waals surface area (Å²) in [6.45, 7) is 1.69. The second-order valence-corrected chi connectivity index (χ2v) is 5.86. The van der Waals surface area contributed by atoms with Gasteiger partial charge in [0, 0.05) is 14.1 Å². The molecule has 2 aromatic carbocycles. The fraction of sp³-hybridized carbons (Fsp3) is 0.278. The van der Waals surface area contributed by atoms with Crippen LogP contribution in [0, 0.1) is 0 Å². The molecule has 0 fully saturated rings. The molecule has 24 heavy (non-hydrogen) atoms. The Morgan fingerprint density at radius 2 is 1.75 bits per heavy atom. The molecule has 0 saturated carbocycles. The highest BCUT2D eigenvalue weighted by molar-refractivity contribution is 6.34. The van der Waals surface area contributed by atoms with Crippen LogP contribution in [0.2, 0.25) is 5.02 Å². The molecule has 0 aliphatic heterocycles. The first-order valence-electron chi connectivity index (χ1n) is 7.49. The molecule has 0 heterocycles. The SMILES string of the molecule is COc1ccc(OC(C)C(=O)Nc2cccc(Cl)c2N(C)C)cc1. The number of nitrogens with zero attached hydrogens (tertiary/aromatic N) is 1. The van der Waals surface area contributed by atoms with E-state index < -0.39 is 6.10 Å². The van der Waals surface area contributed by atoms with Crippen LogP contribution in [0.4, 0.5) is 11.4 Å². The average Bonchev–Trinajstić information content (AvgIpc) is 2.55. The third kappa shape index (κ3) is 4.32. The van der Waals surface area contributed by atoms with Gasteiger partial charge in [0.1, 0.15) is 11.5 Å². The Labute approximate surface area is 147 Å². The molecule has 0 saturated heterocycles. The Bertz CT molecular complexity index is 702. The van der Waals surface area contributed by atoms with Gasteiger partial charge in [-0.05, 0) is 43.3 Å². The quantitative estimate of drug-likeness (QED) is 0.862. The largest absolute Gasteiger partial charge is 0.497 e. The summed E-state index contributed by atoms with van der Waals surface area (Å²) in [5, 5.41) is 3.43. The number of benzene rings is 2. The molecular weight excluding hydrogens is 328 g/mol. The maximum Gasteiger partial charge on any atom is 0.265 e. The molecule has 2 rings (SSSR count). The summed E-state index contributed by atoms with van der Waals surface area (Å²) in [6.07, 6.45) is -0.660. The third-order valence-corrected chi connectivity index (χ3v) is 3.74. The number of hydrogen-bond acceptors (Lipinski definition) is 4. The molecule has 0 radical (unpaired) electrons. The standard InChI is InChI=1S/C18H21ClN2O3/c1-12(24-14-10-8-13(23-4)9-11-14)18(22)20-16-7-5-6-15(19)17(16)21(2)3/h5-12H,1-4H3,(H,20,22). The lowest BCUT2D eigenvalue weighted by atomic mass is 10.2.